The van der Waals surface area contributed by atoms with Crippen LogP contribution in [0.5, 0.6) is 0 Å². The molecule has 0 radical (unpaired) electrons. The molecule has 104 valence electrons. The molecule has 1 saturated heterocycles. The average molecular weight is 261 g/mol. The predicted molar refractivity (Wildman–Crippen MR) is 59.9 cm³/mol. The summed E-state index contributed by atoms with van der Waals surface area (Å²) in [7, 11) is 0. The normalized spacial score (nSPS) is 35.9. The highest BCUT2D eigenvalue weighted by Crippen LogP contribution is 2.30. The summed E-state index contributed by atoms with van der Waals surface area (Å²) in [5, 5.41) is 0. The molecule has 0 spiro atoms. The van der Waals surface area contributed by atoms with Gasteiger partial charge in [-0.05, 0) is 6.92 Å². The Hall–Kier alpha value is -1.18. The first-order valence-electron chi connectivity index (χ1n) is 5.72. The van der Waals surface area contributed by atoms with Crippen LogP contribution in [0.2, 0.25) is 0 Å². The van der Waals surface area contributed by atoms with E-state index in [1.807, 2.05) is 0 Å². The van der Waals surface area contributed by atoms with Crippen LogP contribution in [0.15, 0.2) is 0 Å². The van der Waals surface area contributed by atoms with Crippen LogP contribution in [0.3, 0.4) is 0 Å². The van der Waals surface area contributed by atoms with Crippen LogP contribution >= 0.6 is 0 Å². The maximum absolute atomic E-state index is 11.1. The second-order valence-corrected chi connectivity index (χ2v) is 4.35. The molecular weight excluding hydrogens is 242 g/mol. The lowest BCUT2D eigenvalue weighted by molar-refractivity contribution is -0.281. The summed E-state index contributed by atoms with van der Waals surface area (Å²) in [6.45, 7) is 6.01. The molecule has 7 heteroatoms. The minimum atomic E-state index is -0.712. The van der Waals surface area contributed by atoms with E-state index in [-0.39, 0.29) is 5.92 Å². The summed E-state index contributed by atoms with van der Waals surface area (Å²) in [4.78, 5) is 26.9. The van der Waals surface area contributed by atoms with Crippen LogP contribution in [-0.2, 0) is 28.6 Å². The van der Waals surface area contributed by atoms with E-state index in [2.05, 4.69) is 4.84 Å². The smallest absolute Gasteiger partial charge is 0.303 e. The lowest BCUT2D eigenvalue weighted by Gasteiger charge is -2.42. The SMILES string of the molecule is CC(=O)O[C@H]1[C@H](C)[C@H](ON)O[C@@H](C)[C@H]1OC(C)=O. The van der Waals surface area contributed by atoms with Crippen LogP contribution in [-0.4, -0.2) is 36.5 Å². The summed E-state index contributed by atoms with van der Waals surface area (Å²) in [6, 6.07) is 0. The van der Waals surface area contributed by atoms with E-state index in [1.54, 1.807) is 13.8 Å². The Bertz CT molecular complexity index is 321. The molecule has 0 aromatic carbocycles. The van der Waals surface area contributed by atoms with Gasteiger partial charge in [0.15, 0.2) is 12.4 Å². The van der Waals surface area contributed by atoms with Gasteiger partial charge in [0.1, 0.15) is 6.10 Å². The molecular formula is C11H19NO6. The van der Waals surface area contributed by atoms with Crippen molar-refractivity contribution in [2.75, 3.05) is 0 Å². The summed E-state index contributed by atoms with van der Waals surface area (Å²) in [5.74, 6) is 3.84. The number of carbonyl (C=O) groups is 2. The monoisotopic (exact) mass is 261 g/mol. The van der Waals surface area contributed by atoms with Crippen LogP contribution < -0.4 is 5.90 Å². The summed E-state index contributed by atoms with van der Waals surface area (Å²) >= 11 is 0. The van der Waals surface area contributed by atoms with E-state index >= 15 is 0 Å². The first kappa shape index (κ1) is 14.9. The largest absolute Gasteiger partial charge is 0.458 e. The van der Waals surface area contributed by atoms with Gasteiger partial charge in [-0.25, -0.2) is 5.90 Å². The predicted octanol–water partition coefficient (Wildman–Crippen LogP) is 0.121. The zero-order chi connectivity index (χ0) is 13.9. The molecule has 1 fully saturated rings. The lowest BCUT2D eigenvalue weighted by atomic mass is 9.92. The Morgan fingerprint density at radius 2 is 1.56 bits per heavy atom. The molecule has 1 rings (SSSR count). The topological polar surface area (TPSA) is 97.1 Å². The van der Waals surface area contributed by atoms with Crippen LogP contribution in [0, 0.1) is 5.92 Å². The molecule has 0 unspecified atom stereocenters. The average Bonchev–Trinajstić information content (AvgIpc) is 2.27. The molecule has 5 atom stereocenters. The van der Waals surface area contributed by atoms with Gasteiger partial charge < -0.3 is 14.2 Å². The quantitative estimate of drug-likeness (QED) is 0.569. The standard InChI is InChI=1S/C11H19NO6/c1-5-9(16-7(3)13)10(17-8(4)14)6(2)15-11(5)18-12/h5-6,9-11H,12H2,1-4H3/t5-,6-,9-,10+,11-/m0/s1. The lowest BCUT2D eigenvalue weighted by Crippen LogP contribution is -2.56. The summed E-state index contributed by atoms with van der Waals surface area (Å²) in [6.07, 6.45) is -2.52. The zero-order valence-electron chi connectivity index (χ0n) is 10.9. The van der Waals surface area contributed by atoms with Gasteiger partial charge >= 0.3 is 11.9 Å². The van der Waals surface area contributed by atoms with E-state index in [4.69, 9.17) is 20.1 Å². The van der Waals surface area contributed by atoms with Crippen molar-refractivity contribution in [3.63, 3.8) is 0 Å². The van der Waals surface area contributed by atoms with E-state index < -0.39 is 36.5 Å². The number of nitrogens with two attached hydrogens (primary N) is 1. The van der Waals surface area contributed by atoms with Crippen molar-refractivity contribution in [1.82, 2.24) is 0 Å². The van der Waals surface area contributed by atoms with Crippen LogP contribution in [0.4, 0.5) is 0 Å². The fourth-order valence-corrected chi connectivity index (χ4v) is 2.01. The Morgan fingerprint density at radius 1 is 1.06 bits per heavy atom. The molecule has 0 saturated carbocycles. The highest BCUT2D eigenvalue weighted by atomic mass is 16.8. The third-order valence-electron chi connectivity index (χ3n) is 2.82. The van der Waals surface area contributed by atoms with Gasteiger partial charge in [0.25, 0.3) is 0 Å². The van der Waals surface area contributed by atoms with Gasteiger partial charge in [-0.2, -0.15) is 0 Å². The van der Waals surface area contributed by atoms with Crippen molar-refractivity contribution < 1.29 is 28.6 Å². The van der Waals surface area contributed by atoms with Gasteiger partial charge in [0.05, 0.1) is 6.10 Å². The minimum absolute atomic E-state index is 0.348. The molecule has 1 heterocycles. The van der Waals surface area contributed by atoms with Gasteiger partial charge in [-0.15, -0.1) is 0 Å². The Labute approximate surface area is 105 Å². The molecule has 2 N–H and O–H groups in total. The molecule has 0 aliphatic carbocycles. The first-order valence-corrected chi connectivity index (χ1v) is 5.72. The Kier molecular flexibility index (Phi) is 5.06. The highest BCUT2D eigenvalue weighted by molar-refractivity contribution is 5.67. The second kappa shape index (κ2) is 6.12. The van der Waals surface area contributed by atoms with E-state index in [1.165, 1.54) is 13.8 Å². The van der Waals surface area contributed by atoms with Crippen LogP contribution in [0.1, 0.15) is 27.7 Å². The first-order chi connectivity index (χ1) is 8.36. The molecule has 0 amide bonds. The Balaban J connectivity index is 2.89. The van der Waals surface area contributed by atoms with Crippen molar-refractivity contribution in [2.24, 2.45) is 11.8 Å². The van der Waals surface area contributed by atoms with E-state index in [9.17, 15) is 9.59 Å². The third-order valence-corrected chi connectivity index (χ3v) is 2.82. The number of rotatable bonds is 3. The molecule has 1 aliphatic rings. The van der Waals surface area contributed by atoms with E-state index in [0.29, 0.717) is 0 Å². The van der Waals surface area contributed by atoms with E-state index in [0.717, 1.165) is 0 Å². The molecule has 0 aromatic rings. The molecule has 18 heavy (non-hydrogen) atoms. The third kappa shape index (κ3) is 3.41. The molecule has 7 nitrogen and oxygen atoms in total. The van der Waals surface area contributed by atoms with Crippen molar-refractivity contribution in [3.05, 3.63) is 0 Å². The minimum Gasteiger partial charge on any atom is -0.458 e. The van der Waals surface area contributed by atoms with Crippen LogP contribution in [0.25, 0.3) is 0 Å². The van der Waals surface area contributed by atoms with Crippen molar-refractivity contribution in [1.29, 1.82) is 0 Å². The molecule has 1 aliphatic heterocycles. The number of hydrogen-bond acceptors (Lipinski definition) is 7. The Morgan fingerprint density at radius 3 is 2.00 bits per heavy atom. The summed E-state index contributed by atoms with van der Waals surface area (Å²) < 4.78 is 15.8. The van der Waals surface area contributed by atoms with Crippen molar-refractivity contribution in [3.8, 4) is 0 Å². The zero-order valence-corrected chi connectivity index (χ0v) is 10.9. The number of carbonyl (C=O) groups excluding carboxylic acids is 2. The second-order valence-electron chi connectivity index (χ2n) is 4.35. The van der Waals surface area contributed by atoms with Gasteiger partial charge in [-0.3, -0.25) is 14.4 Å². The maximum Gasteiger partial charge on any atom is 0.303 e. The number of esters is 2. The highest BCUT2D eigenvalue weighted by Gasteiger charge is 2.46. The number of hydrogen-bond donors (Lipinski definition) is 1. The summed E-state index contributed by atoms with van der Waals surface area (Å²) in [5.41, 5.74) is 0. The van der Waals surface area contributed by atoms with Gasteiger partial charge in [-0.1, -0.05) is 6.92 Å². The molecule has 0 bridgehead atoms. The molecule has 0 aromatic heterocycles. The van der Waals surface area contributed by atoms with Crippen molar-refractivity contribution in [2.45, 2.75) is 52.3 Å². The van der Waals surface area contributed by atoms with Gasteiger partial charge in [0, 0.05) is 19.8 Å². The maximum atomic E-state index is 11.1. The number of ether oxygens (including phenoxy) is 3. The fourth-order valence-electron chi connectivity index (χ4n) is 2.01. The van der Waals surface area contributed by atoms with Crippen molar-refractivity contribution >= 4 is 11.9 Å². The van der Waals surface area contributed by atoms with Gasteiger partial charge in [0.2, 0.25) is 0 Å². The fraction of sp³-hybridized carbons (Fsp3) is 0.818.